The molecule has 0 unspecified atom stereocenters. The number of fused-ring (bicyclic) bond motifs is 1. The zero-order valence-corrected chi connectivity index (χ0v) is 24.3. The normalized spacial score (nSPS) is 18.7. The van der Waals surface area contributed by atoms with Crippen molar-refractivity contribution in [2.75, 3.05) is 35.3 Å². The minimum absolute atomic E-state index is 0.0805. The summed E-state index contributed by atoms with van der Waals surface area (Å²) in [6.45, 7) is 11.1. The van der Waals surface area contributed by atoms with E-state index in [4.69, 9.17) is 4.98 Å². The van der Waals surface area contributed by atoms with E-state index in [1.807, 2.05) is 34.6 Å². The maximum atomic E-state index is 13.4. The molecule has 2 heterocycles. The van der Waals surface area contributed by atoms with Crippen molar-refractivity contribution in [2.45, 2.75) is 83.7 Å². The Morgan fingerprint density at radius 1 is 1.05 bits per heavy atom. The number of sulfonamides is 1. The molecule has 2 aliphatic rings. The Hall–Kier alpha value is -2.72. The van der Waals surface area contributed by atoms with Gasteiger partial charge in [0.05, 0.1) is 11.1 Å². The first kappa shape index (κ1) is 28.3. The van der Waals surface area contributed by atoms with Crippen molar-refractivity contribution in [3.05, 3.63) is 30.5 Å². The predicted molar refractivity (Wildman–Crippen MR) is 152 cm³/mol. The van der Waals surface area contributed by atoms with Crippen LogP contribution in [0, 0.1) is 11.8 Å². The molecule has 1 aromatic carbocycles. The van der Waals surface area contributed by atoms with Crippen LogP contribution < -0.4 is 15.1 Å². The maximum absolute atomic E-state index is 13.4. The lowest BCUT2D eigenvalue weighted by Crippen LogP contribution is -2.55. The van der Waals surface area contributed by atoms with E-state index in [0.717, 1.165) is 31.5 Å². The fourth-order valence-corrected chi connectivity index (χ4v) is 7.28. The molecule has 208 valence electrons. The second-order valence-electron chi connectivity index (χ2n) is 11.3. The van der Waals surface area contributed by atoms with Crippen molar-refractivity contribution in [1.29, 1.82) is 0 Å². The zero-order chi connectivity index (χ0) is 27.6. The van der Waals surface area contributed by atoms with Gasteiger partial charge in [-0.05, 0) is 55.4 Å². The summed E-state index contributed by atoms with van der Waals surface area (Å²) in [4.78, 5) is 26.6. The van der Waals surface area contributed by atoms with Gasteiger partial charge in [-0.15, -0.1) is 0 Å². The summed E-state index contributed by atoms with van der Waals surface area (Å²) in [5.41, 5.74) is 1.41. The Balaban J connectivity index is 1.59. The smallest absolute Gasteiger partial charge is 0.249 e. The second kappa shape index (κ2) is 11.6. The van der Waals surface area contributed by atoms with Gasteiger partial charge in [0, 0.05) is 31.9 Å². The number of carbonyl (C=O) groups is 1. The number of carbonyl (C=O) groups excluding carboxylic acids is 1. The van der Waals surface area contributed by atoms with Gasteiger partial charge in [0.1, 0.15) is 11.7 Å². The third kappa shape index (κ3) is 5.81. The third-order valence-electron chi connectivity index (χ3n) is 7.30. The molecule has 0 radical (unpaired) electrons. The van der Waals surface area contributed by atoms with E-state index in [9.17, 15) is 13.2 Å². The van der Waals surface area contributed by atoms with Gasteiger partial charge in [-0.3, -0.25) is 4.79 Å². The summed E-state index contributed by atoms with van der Waals surface area (Å²) in [7, 11) is -1.81. The largest absolute Gasteiger partial charge is 0.340 e. The Morgan fingerprint density at radius 2 is 1.66 bits per heavy atom. The number of hydrogen-bond donors (Lipinski definition) is 1. The van der Waals surface area contributed by atoms with Crippen LogP contribution in [0.2, 0.25) is 0 Å². The number of aromatic nitrogens is 2. The van der Waals surface area contributed by atoms with Gasteiger partial charge in [-0.2, -0.15) is 9.29 Å². The summed E-state index contributed by atoms with van der Waals surface area (Å²) >= 11 is 0. The number of likely N-dealkylation sites (N-methyl/N-ethyl adjacent to an activating group) is 1. The lowest BCUT2D eigenvalue weighted by Gasteiger charge is -2.43. The highest BCUT2D eigenvalue weighted by Crippen LogP contribution is 2.40. The van der Waals surface area contributed by atoms with Crippen molar-refractivity contribution in [3.63, 3.8) is 0 Å². The maximum Gasteiger partial charge on any atom is 0.249 e. The molecule has 10 heteroatoms. The average Bonchev–Trinajstić information content (AvgIpc) is 3.40. The van der Waals surface area contributed by atoms with Gasteiger partial charge in [0.2, 0.25) is 21.9 Å². The van der Waals surface area contributed by atoms with Crippen LogP contribution in [-0.2, 0) is 14.8 Å². The van der Waals surface area contributed by atoms with Crippen LogP contribution in [0.25, 0.3) is 0 Å². The summed E-state index contributed by atoms with van der Waals surface area (Å²) in [6, 6.07) is 6.82. The Bertz CT molecular complexity index is 1220. The van der Waals surface area contributed by atoms with Crippen LogP contribution in [0.3, 0.4) is 0 Å². The van der Waals surface area contributed by atoms with Crippen LogP contribution >= 0.6 is 0 Å². The lowest BCUT2D eigenvalue weighted by atomic mass is 10.0. The molecule has 0 spiro atoms. The molecule has 1 aliphatic heterocycles. The van der Waals surface area contributed by atoms with E-state index in [0.29, 0.717) is 42.9 Å². The number of rotatable bonds is 10. The SMILES string of the molecule is CC[C@@H]1C(=O)N(C)c2cnc(Nc3ccc(S(=O)(=O)N(CC(C)C)CC(C)C)cc3)nc2N1C1CCCC1. The van der Waals surface area contributed by atoms with Crippen LogP contribution in [0.4, 0.5) is 23.1 Å². The van der Waals surface area contributed by atoms with E-state index in [1.165, 1.54) is 0 Å². The third-order valence-corrected chi connectivity index (χ3v) is 9.14. The van der Waals surface area contributed by atoms with E-state index < -0.39 is 10.0 Å². The van der Waals surface area contributed by atoms with E-state index >= 15 is 0 Å². The molecular formula is C28H42N6O3S. The highest BCUT2D eigenvalue weighted by Gasteiger charge is 2.41. The Labute approximate surface area is 227 Å². The topological polar surface area (TPSA) is 98.7 Å². The molecule has 38 heavy (non-hydrogen) atoms. The quantitative estimate of drug-likeness (QED) is 0.450. The molecule has 1 aliphatic carbocycles. The molecule has 0 bridgehead atoms. The van der Waals surface area contributed by atoms with Gasteiger partial charge in [-0.1, -0.05) is 47.5 Å². The first-order valence-corrected chi connectivity index (χ1v) is 15.3. The molecular weight excluding hydrogens is 500 g/mol. The molecule has 1 N–H and O–H groups in total. The fraction of sp³-hybridized carbons (Fsp3) is 0.607. The summed E-state index contributed by atoms with van der Waals surface area (Å²) in [5, 5.41) is 3.24. The van der Waals surface area contributed by atoms with E-state index in [2.05, 4.69) is 15.2 Å². The van der Waals surface area contributed by atoms with Crippen LogP contribution in [0.1, 0.15) is 66.7 Å². The highest BCUT2D eigenvalue weighted by molar-refractivity contribution is 7.89. The number of nitrogens with one attached hydrogen (secondary N) is 1. The highest BCUT2D eigenvalue weighted by atomic mass is 32.2. The van der Waals surface area contributed by atoms with Crippen LogP contribution in [0.5, 0.6) is 0 Å². The van der Waals surface area contributed by atoms with Gasteiger partial charge < -0.3 is 15.1 Å². The molecule has 1 amide bonds. The summed E-state index contributed by atoms with van der Waals surface area (Å²) < 4.78 is 28.3. The number of anilines is 4. The number of nitrogens with zero attached hydrogens (tertiary/aromatic N) is 5. The lowest BCUT2D eigenvalue weighted by molar-refractivity contribution is -0.120. The van der Waals surface area contributed by atoms with E-state index in [1.54, 1.807) is 46.7 Å². The van der Waals surface area contributed by atoms with Gasteiger partial charge in [-0.25, -0.2) is 13.4 Å². The molecule has 2 aromatic rings. The number of benzene rings is 1. The van der Waals surface area contributed by atoms with Gasteiger partial charge in [0.25, 0.3) is 0 Å². The monoisotopic (exact) mass is 542 g/mol. The minimum atomic E-state index is -3.60. The predicted octanol–water partition coefficient (Wildman–Crippen LogP) is 5.03. The number of amides is 1. The fourth-order valence-electron chi connectivity index (χ4n) is 5.52. The molecule has 0 saturated heterocycles. The Morgan fingerprint density at radius 3 is 2.21 bits per heavy atom. The molecule has 9 nitrogen and oxygen atoms in total. The van der Waals surface area contributed by atoms with Crippen molar-refractivity contribution in [3.8, 4) is 0 Å². The number of hydrogen-bond acceptors (Lipinski definition) is 7. The van der Waals surface area contributed by atoms with Crippen molar-refractivity contribution < 1.29 is 13.2 Å². The molecule has 1 atom stereocenters. The first-order valence-electron chi connectivity index (χ1n) is 13.8. The molecule has 1 aromatic heterocycles. The van der Waals surface area contributed by atoms with Crippen molar-refractivity contribution >= 4 is 39.1 Å². The Kier molecular flexibility index (Phi) is 8.62. The van der Waals surface area contributed by atoms with Crippen LogP contribution in [-0.4, -0.2) is 60.8 Å². The minimum Gasteiger partial charge on any atom is -0.340 e. The first-order chi connectivity index (χ1) is 18.0. The average molecular weight is 543 g/mol. The van der Waals surface area contributed by atoms with E-state index in [-0.39, 0.29) is 28.7 Å². The zero-order valence-electron chi connectivity index (χ0n) is 23.5. The second-order valence-corrected chi connectivity index (χ2v) is 13.3. The van der Waals surface area contributed by atoms with Crippen molar-refractivity contribution in [1.82, 2.24) is 14.3 Å². The van der Waals surface area contributed by atoms with Crippen LogP contribution in [0.15, 0.2) is 35.4 Å². The molecule has 1 saturated carbocycles. The summed E-state index contributed by atoms with van der Waals surface area (Å²) in [6.07, 6.45) is 6.85. The summed E-state index contributed by atoms with van der Waals surface area (Å²) in [5.74, 6) is 1.74. The standard InChI is InChI=1S/C28H42N6O3S/c1-7-24-27(35)32(6)25-16-29-28(31-26(25)34(24)22-10-8-9-11-22)30-21-12-14-23(15-13-21)38(36,37)33(17-19(2)3)18-20(4)5/h12-16,19-20,22,24H,7-11,17-18H2,1-6H3,(H,29,30,31)/t24-/m1/s1. The van der Waals surface area contributed by atoms with Gasteiger partial charge >= 0.3 is 0 Å². The van der Waals surface area contributed by atoms with Crippen molar-refractivity contribution in [2.24, 2.45) is 11.8 Å². The van der Waals surface area contributed by atoms with Gasteiger partial charge in [0.15, 0.2) is 5.82 Å². The molecule has 1 fully saturated rings. The molecule has 4 rings (SSSR count).